The van der Waals surface area contributed by atoms with Crippen LogP contribution in [0.3, 0.4) is 0 Å². The lowest BCUT2D eigenvalue weighted by Gasteiger charge is -2.35. The van der Waals surface area contributed by atoms with Crippen LogP contribution < -0.4 is 4.74 Å². The van der Waals surface area contributed by atoms with Crippen molar-refractivity contribution in [1.82, 2.24) is 4.90 Å². The number of carbonyl (C=O) groups is 1. The smallest absolute Gasteiger partial charge is 0.267 e. The number of hydrogen-bond donors (Lipinski definition) is 0. The van der Waals surface area contributed by atoms with Gasteiger partial charge in [-0.1, -0.05) is 56.7 Å². The van der Waals surface area contributed by atoms with Gasteiger partial charge >= 0.3 is 0 Å². The largest absolute Gasteiger partial charge is 0.488 e. The van der Waals surface area contributed by atoms with Crippen LogP contribution in [0.5, 0.6) is 5.75 Å². The van der Waals surface area contributed by atoms with Gasteiger partial charge in [-0.3, -0.25) is 9.69 Å². The van der Waals surface area contributed by atoms with Gasteiger partial charge in [0.1, 0.15) is 12.4 Å². The predicted octanol–water partition coefficient (Wildman–Crippen LogP) is 7.20. The first-order valence-electron chi connectivity index (χ1n) is 11.0. The molecule has 2 atom stereocenters. The van der Waals surface area contributed by atoms with Crippen LogP contribution in [0, 0.1) is 5.92 Å². The molecule has 1 aliphatic carbocycles. The number of thioether (sulfide) groups is 1. The first-order valence-corrected chi connectivity index (χ1v) is 12.6. The van der Waals surface area contributed by atoms with E-state index in [1.807, 2.05) is 59.5 Å². The van der Waals surface area contributed by atoms with Gasteiger partial charge in [0.05, 0.1) is 15.1 Å². The van der Waals surface area contributed by atoms with Crippen molar-refractivity contribution in [3.8, 4) is 5.75 Å². The number of aliphatic imine (C=N–C) groups is 1. The molecular formula is C26H27BrN2O2S. The molecule has 0 unspecified atom stereocenters. The molecule has 32 heavy (non-hydrogen) atoms. The van der Waals surface area contributed by atoms with Crippen LogP contribution in [-0.4, -0.2) is 28.6 Å². The SMILES string of the molecule is C=CCOc1ccc(/C=C2\SC(=Nc3ccccc3)N([C@@H]3CCCC[C@@H]3C)C2=O)cc1Br. The van der Waals surface area contributed by atoms with Crippen molar-refractivity contribution in [3.05, 3.63) is 76.1 Å². The number of benzene rings is 2. The number of amidine groups is 1. The molecule has 2 fully saturated rings. The normalized spacial score (nSPS) is 23.7. The second-order valence-electron chi connectivity index (χ2n) is 8.13. The van der Waals surface area contributed by atoms with Gasteiger partial charge in [-0.25, -0.2) is 4.99 Å². The van der Waals surface area contributed by atoms with Gasteiger partial charge < -0.3 is 4.74 Å². The molecule has 0 aromatic heterocycles. The highest BCUT2D eigenvalue weighted by Gasteiger charge is 2.41. The average Bonchev–Trinajstić information content (AvgIpc) is 3.08. The average molecular weight is 511 g/mol. The number of nitrogens with zero attached hydrogens (tertiary/aromatic N) is 2. The summed E-state index contributed by atoms with van der Waals surface area (Å²) >= 11 is 5.03. The maximum absolute atomic E-state index is 13.6. The number of halogens is 1. The molecule has 1 saturated carbocycles. The number of hydrogen-bond acceptors (Lipinski definition) is 4. The fraction of sp³-hybridized carbons (Fsp3) is 0.308. The van der Waals surface area contributed by atoms with Crippen LogP contribution in [0.2, 0.25) is 0 Å². The van der Waals surface area contributed by atoms with Crippen LogP contribution >= 0.6 is 27.7 Å². The van der Waals surface area contributed by atoms with Crippen molar-refractivity contribution >= 4 is 50.5 Å². The molecule has 1 saturated heterocycles. The zero-order valence-corrected chi connectivity index (χ0v) is 20.6. The summed E-state index contributed by atoms with van der Waals surface area (Å²) in [6.45, 7) is 6.38. The summed E-state index contributed by atoms with van der Waals surface area (Å²) in [6.07, 6.45) is 8.22. The van der Waals surface area contributed by atoms with Gasteiger partial charge in [-0.05, 0) is 82.4 Å². The molecule has 4 nitrogen and oxygen atoms in total. The fourth-order valence-corrected chi connectivity index (χ4v) is 5.73. The van der Waals surface area contributed by atoms with Crippen molar-refractivity contribution in [2.24, 2.45) is 10.9 Å². The summed E-state index contributed by atoms with van der Waals surface area (Å²) in [6, 6.07) is 15.9. The predicted molar refractivity (Wildman–Crippen MR) is 137 cm³/mol. The first kappa shape index (κ1) is 22.9. The quantitative estimate of drug-likeness (QED) is 0.304. The lowest BCUT2D eigenvalue weighted by Crippen LogP contribution is -2.44. The van der Waals surface area contributed by atoms with Crippen LogP contribution in [0.15, 0.2) is 75.6 Å². The Morgan fingerprint density at radius 2 is 2.00 bits per heavy atom. The number of carbonyl (C=O) groups excluding carboxylic acids is 1. The van der Waals surface area contributed by atoms with Crippen LogP contribution in [0.25, 0.3) is 6.08 Å². The lowest BCUT2D eigenvalue weighted by atomic mass is 9.85. The van der Waals surface area contributed by atoms with Gasteiger partial charge in [0.25, 0.3) is 5.91 Å². The van der Waals surface area contributed by atoms with Crippen molar-refractivity contribution in [2.45, 2.75) is 38.6 Å². The summed E-state index contributed by atoms with van der Waals surface area (Å²) in [7, 11) is 0. The number of amides is 1. The van der Waals surface area contributed by atoms with Gasteiger partial charge in [0.15, 0.2) is 5.17 Å². The Morgan fingerprint density at radius 3 is 2.72 bits per heavy atom. The Labute approximate surface area is 202 Å². The van der Waals surface area contributed by atoms with E-state index in [0.717, 1.165) is 45.9 Å². The molecule has 2 aliphatic rings. The minimum Gasteiger partial charge on any atom is -0.488 e. The van der Waals surface area contributed by atoms with Gasteiger partial charge in [-0.15, -0.1) is 0 Å². The number of para-hydroxylation sites is 1. The highest BCUT2D eigenvalue weighted by molar-refractivity contribution is 9.10. The first-order chi connectivity index (χ1) is 15.6. The summed E-state index contributed by atoms with van der Waals surface area (Å²) in [4.78, 5) is 21.1. The zero-order chi connectivity index (χ0) is 22.5. The Hall–Kier alpha value is -2.31. The minimum atomic E-state index is 0.0477. The van der Waals surface area contributed by atoms with E-state index in [1.165, 1.54) is 18.2 Å². The Morgan fingerprint density at radius 1 is 1.22 bits per heavy atom. The maximum atomic E-state index is 13.6. The molecule has 4 rings (SSSR count). The van der Waals surface area contributed by atoms with Gasteiger partial charge in [0, 0.05) is 6.04 Å². The second kappa shape index (κ2) is 10.5. The highest BCUT2D eigenvalue weighted by Crippen LogP contribution is 2.40. The zero-order valence-electron chi connectivity index (χ0n) is 18.2. The van der Waals surface area contributed by atoms with E-state index in [1.54, 1.807) is 6.08 Å². The molecule has 0 radical (unpaired) electrons. The van der Waals surface area contributed by atoms with E-state index >= 15 is 0 Å². The third-order valence-electron chi connectivity index (χ3n) is 5.83. The van der Waals surface area contributed by atoms with Gasteiger partial charge in [0.2, 0.25) is 0 Å². The van der Waals surface area contributed by atoms with E-state index in [4.69, 9.17) is 9.73 Å². The van der Waals surface area contributed by atoms with Crippen LogP contribution in [-0.2, 0) is 4.79 Å². The Bertz CT molecular complexity index is 1050. The van der Waals surface area contributed by atoms with E-state index < -0.39 is 0 Å². The molecule has 2 aromatic rings. The lowest BCUT2D eigenvalue weighted by molar-refractivity contribution is -0.124. The van der Waals surface area contributed by atoms with Crippen molar-refractivity contribution in [1.29, 1.82) is 0 Å². The molecule has 1 aliphatic heterocycles. The van der Waals surface area contributed by atoms with E-state index in [2.05, 4.69) is 29.4 Å². The molecule has 166 valence electrons. The highest BCUT2D eigenvalue weighted by atomic mass is 79.9. The van der Waals surface area contributed by atoms with Crippen LogP contribution in [0.4, 0.5) is 5.69 Å². The van der Waals surface area contributed by atoms with Crippen molar-refractivity contribution in [2.75, 3.05) is 6.61 Å². The van der Waals surface area contributed by atoms with Gasteiger partial charge in [-0.2, -0.15) is 0 Å². The molecule has 1 heterocycles. The number of ether oxygens (including phenoxy) is 1. The topological polar surface area (TPSA) is 41.9 Å². The molecule has 0 N–H and O–H groups in total. The van der Waals surface area contributed by atoms with E-state index in [-0.39, 0.29) is 11.9 Å². The molecule has 0 bridgehead atoms. The third-order valence-corrected chi connectivity index (χ3v) is 7.43. The Kier molecular flexibility index (Phi) is 7.53. The van der Waals surface area contributed by atoms with Crippen molar-refractivity contribution < 1.29 is 9.53 Å². The molecule has 0 spiro atoms. The summed E-state index contributed by atoms with van der Waals surface area (Å²) in [5, 5.41) is 0.774. The van der Waals surface area contributed by atoms with Crippen molar-refractivity contribution in [3.63, 3.8) is 0 Å². The molecule has 1 amide bonds. The Balaban J connectivity index is 1.66. The van der Waals surface area contributed by atoms with E-state index in [9.17, 15) is 4.79 Å². The molecule has 6 heteroatoms. The molecule has 2 aromatic carbocycles. The summed E-state index contributed by atoms with van der Waals surface area (Å²) in [5.74, 6) is 1.26. The molecular weight excluding hydrogens is 484 g/mol. The number of rotatable bonds is 6. The minimum absolute atomic E-state index is 0.0477. The second-order valence-corrected chi connectivity index (χ2v) is 10.00. The monoisotopic (exact) mass is 510 g/mol. The standard InChI is InChI=1S/C26H27BrN2O2S/c1-3-15-31-23-14-13-19(16-21(23)27)17-24-25(30)29(22-12-8-7-9-18(22)2)26(32-24)28-20-10-5-4-6-11-20/h3-6,10-11,13-14,16-18,22H,1,7-9,12,15H2,2H3/b24-17-,28-26?/t18-,22+/m0/s1. The third kappa shape index (κ3) is 5.18. The summed E-state index contributed by atoms with van der Waals surface area (Å²) < 4.78 is 6.49. The van der Waals surface area contributed by atoms with Crippen LogP contribution in [0.1, 0.15) is 38.2 Å². The maximum Gasteiger partial charge on any atom is 0.267 e. The summed E-state index contributed by atoms with van der Waals surface area (Å²) in [5.41, 5.74) is 1.81. The van der Waals surface area contributed by atoms with E-state index in [0.29, 0.717) is 17.4 Å². The fourth-order valence-electron chi connectivity index (χ4n) is 4.17.